The third kappa shape index (κ3) is 4.42. The fourth-order valence-electron chi connectivity index (χ4n) is 2.89. The molecule has 0 aliphatic heterocycles. The number of amides is 1. The predicted octanol–water partition coefficient (Wildman–Crippen LogP) is 3.26. The maximum atomic E-state index is 13.2. The Kier molecular flexibility index (Phi) is 6.62. The van der Waals surface area contributed by atoms with E-state index in [0.717, 1.165) is 37.7 Å². The van der Waals surface area contributed by atoms with E-state index in [1.165, 1.54) is 12.1 Å². The monoisotopic (exact) mass is 314 g/mol. The average Bonchev–Trinajstić information content (AvgIpc) is 2.45. The van der Waals surface area contributed by atoms with Crippen molar-refractivity contribution in [3.05, 3.63) is 35.6 Å². The van der Waals surface area contributed by atoms with Gasteiger partial charge in [-0.1, -0.05) is 31.4 Å². The molecule has 1 aromatic rings. The van der Waals surface area contributed by atoms with E-state index in [9.17, 15) is 9.18 Å². The number of likely N-dealkylation sites (N-methyl/N-ethyl adjacent to an activating group) is 1. The Hall–Kier alpha value is -1.13. The summed E-state index contributed by atoms with van der Waals surface area (Å²) in [5.74, 6) is -0.268. The summed E-state index contributed by atoms with van der Waals surface area (Å²) in [4.78, 5) is 14.4. The van der Waals surface area contributed by atoms with Crippen molar-refractivity contribution in [1.29, 1.82) is 0 Å². The first-order valence-corrected chi connectivity index (χ1v) is 7.38. The van der Waals surface area contributed by atoms with Crippen LogP contribution in [0.1, 0.15) is 44.6 Å². The number of hydrogen-bond donors (Lipinski definition) is 1. The normalized spacial score (nSPS) is 16.9. The summed E-state index contributed by atoms with van der Waals surface area (Å²) in [5, 5.41) is 0. The molecule has 5 heteroatoms. The van der Waals surface area contributed by atoms with E-state index in [2.05, 4.69) is 0 Å². The first kappa shape index (κ1) is 17.9. The minimum absolute atomic E-state index is 0. The van der Waals surface area contributed by atoms with E-state index in [1.807, 2.05) is 13.0 Å². The number of halogens is 2. The van der Waals surface area contributed by atoms with Crippen LogP contribution in [0.15, 0.2) is 24.3 Å². The van der Waals surface area contributed by atoms with E-state index < -0.39 is 5.54 Å². The van der Waals surface area contributed by atoms with Crippen LogP contribution < -0.4 is 5.73 Å². The second-order valence-corrected chi connectivity index (χ2v) is 5.67. The number of carbonyl (C=O) groups is 1. The molecule has 21 heavy (non-hydrogen) atoms. The lowest BCUT2D eigenvalue weighted by Gasteiger charge is -2.36. The molecule has 1 aliphatic carbocycles. The summed E-state index contributed by atoms with van der Waals surface area (Å²) in [7, 11) is 0. The molecular weight excluding hydrogens is 291 g/mol. The minimum atomic E-state index is -0.721. The minimum Gasteiger partial charge on any atom is -0.337 e. The number of nitrogens with two attached hydrogens (primary N) is 1. The van der Waals surface area contributed by atoms with E-state index >= 15 is 0 Å². The van der Waals surface area contributed by atoms with Crippen molar-refractivity contribution in [2.75, 3.05) is 6.54 Å². The summed E-state index contributed by atoms with van der Waals surface area (Å²) in [6.45, 7) is 2.95. The van der Waals surface area contributed by atoms with Gasteiger partial charge in [0.2, 0.25) is 5.91 Å². The summed E-state index contributed by atoms with van der Waals surface area (Å²) >= 11 is 0. The maximum Gasteiger partial charge on any atom is 0.242 e. The van der Waals surface area contributed by atoms with E-state index in [4.69, 9.17) is 5.73 Å². The molecule has 3 nitrogen and oxygen atoms in total. The molecule has 0 atom stereocenters. The third-order valence-electron chi connectivity index (χ3n) is 4.10. The fraction of sp³-hybridized carbons (Fsp3) is 0.562. The van der Waals surface area contributed by atoms with Gasteiger partial charge in [0.05, 0.1) is 5.54 Å². The Balaban J connectivity index is 0.00000220. The molecule has 0 spiro atoms. The standard InChI is InChI=1S/C16H23FN2O.ClH/c1-2-19(12-13-7-6-8-14(17)11-13)15(20)16(18)9-4-3-5-10-16;/h6-8,11H,2-5,9-10,12,18H2,1H3;1H. The lowest BCUT2D eigenvalue weighted by molar-refractivity contribution is -0.138. The van der Waals surface area contributed by atoms with Gasteiger partial charge >= 0.3 is 0 Å². The first-order valence-electron chi connectivity index (χ1n) is 7.38. The molecule has 0 saturated heterocycles. The highest BCUT2D eigenvalue weighted by Gasteiger charge is 2.37. The zero-order chi connectivity index (χ0) is 14.6. The molecule has 2 N–H and O–H groups in total. The van der Waals surface area contributed by atoms with Crippen molar-refractivity contribution in [2.24, 2.45) is 5.73 Å². The molecule has 1 fully saturated rings. The molecule has 1 amide bonds. The Morgan fingerprint density at radius 2 is 2.00 bits per heavy atom. The van der Waals surface area contributed by atoms with Crippen LogP contribution in [0.25, 0.3) is 0 Å². The highest BCUT2D eigenvalue weighted by Crippen LogP contribution is 2.28. The van der Waals surface area contributed by atoms with Gasteiger partial charge in [0.15, 0.2) is 0 Å². The average molecular weight is 315 g/mol. The number of benzene rings is 1. The molecule has 0 unspecified atom stereocenters. The summed E-state index contributed by atoms with van der Waals surface area (Å²) < 4.78 is 13.2. The third-order valence-corrected chi connectivity index (χ3v) is 4.10. The lowest BCUT2D eigenvalue weighted by atomic mass is 9.81. The molecular formula is C16H24ClFN2O. The van der Waals surface area contributed by atoms with Gasteiger partial charge in [-0.2, -0.15) is 0 Å². The molecule has 1 aliphatic rings. The maximum absolute atomic E-state index is 13.2. The molecule has 0 heterocycles. The van der Waals surface area contributed by atoms with E-state index in [-0.39, 0.29) is 24.1 Å². The van der Waals surface area contributed by atoms with Gasteiger partial charge in [-0.25, -0.2) is 4.39 Å². The van der Waals surface area contributed by atoms with Crippen molar-refractivity contribution < 1.29 is 9.18 Å². The van der Waals surface area contributed by atoms with Crippen molar-refractivity contribution in [2.45, 2.75) is 51.1 Å². The number of nitrogens with zero attached hydrogens (tertiary/aromatic N) is 1. The van der Waals surface area contributed by atoms with Gasteiger partial charge in [-0.15, -0.1) is 12.4 Å². The van der Waals surface area contributed by atoms with Gasteiger partial charge in [-0.3, -0.25) is 4.79 Å². The van der Waals surface area contributed by atoms with Gasteiger partial charge in [-0.05, 0) is 37.5 Å². The van der Waals surface area contributed by atoms with Gasteiger partial charge in [0, 0.05) is 13.1 Å². The smallest absolute Gasteiger partial charge is 0.242 e. The molecule has 0 aromatic heterocycles. The molecule has 0 radical (unpaired) electrons. The van der Waals surface area contributed by atoms with Crippen LogP contribution in [0.5, 0.6) is 0 Å². The zero-order valence-electron chi connectivity index (χ0n) is 12.5. The van der Waals surface area contributed by atoms with Crippen LogP contribution >= 0.6 is 12.4 Å². The second kappa shape index (κ2) is 7.76. The van der Waals surface area contributed by atoms with Crippen LogP contribution in [0, 0.1) is 5.82 Å². The Morgan fingerprint density at radius 3 is 2.57 bits per heavy atom. The van der Waals surface area contributed by atoms with Gasteiger partial charge in [0.25, 0.3) is 0 Å². The summed E-state index contributed by atoms with van der Waals surface area (Å²) in [6.07, 6.45) is 4.69. The van der Waals surface area contributed by atoms with Crippen LogP contribution in [0.4, 0.5) is 4.39 Å². The highest BCUT2D eigenvalue weighted by molar-refractivity contribution is 5.86. The van der Waals surface area contributed by atoms with Gasteiger partial charge in [0.1, 0.15) is 5.82 Å². The fourth-order valence-corrected chi connectivity index (χ4v) is 2.89. The van der Waals surface area contributed by atoms with Gasteiger partial charge < -0.3 is 10.6 Å². The van der Waals surface area contributed by atoms with Crippen LogP contribution in [0.2, 0.25) is 0 Å². The van der Waals surface area contributed by atoms with E-state index in [1.54, 1.807) is 11.0 Å². The van der Waals surface area contributed by atoms with Crippen LogP contribution in [-0.2, 0) is 11.3 Å². The molecule has 1 saturated carbocycles. The molecule has 118 valence electrons. The van der Waals surface area contributed by atoms with Crippen molar-refractivity contribution in [3.8, 4) is 0 Å². The largest absolute Gasteiger partial charge is 0.337 e. The molecule has 2 rings (SSSR count). The molecule has 0 bridgehead atoms. The predicted molar refractivity (Wildman–Crippen MR) is 84.7 cm³/mol. The molecule has 1 aromatic carbocycles. The Morgan fingerprint density at radius 1 is 1.33 bits per heavy atom. The quantitative estimate of drug-likeness (QED) is 0.927. The summed E-state index contributed by atoms with van der Waals surface area (Å²) in [6, 6.07) is 6.39. The Bertz CT molecular complexity index is 475. The summed E-state index contributed by atoms with van der Waals surface area (Å²) in [5.41, 5.74) is 6.38. The van der Waals surface area contributed by atoms with Crippen molar-refractivity contribution in [1.82, 2.24) is 4.90 Å². The SMILES string of the molecule is CCN(Cc1cccc(F)c1)C(=O)C1(N)CCCCC1.Cl. The van der Waals surface area contributed by atoms with Crippen LogP contribution in [0.3, 0.4) is 0 Å². The first-order chi connectivity index (χ1) is 9.55. The van der Waals surface area contributed by atoms with Crippen molar-refractivity contribution in [3.63, 3.8) is 0 Å². The Labute approximate surface area is 132 Å². The zero-order valence-corrected chi connectivity index (χ0v) is 13.3. The second-order valence-electron chi connectivity index (χ2n) is 5.67. The highest BCUT2D eigenvalue weighted by atomic mass is 35.5. The number of hydrogen-bond acceptors (Lipinski definition) is 2. The lowest BCUT2D eigenvalue weighted by Crippen LogP contribution is -2.56. The number of carbonyl (C=O) groups excluding carboxylic acids is 1. The van der Waals surface area contributed by atoms with E-state index in [0.29, 0.717) is 13.1 Å². The van der Waals surface area contributed by atoms with Crippen LogP contribution in [-0.4, -0.2) is 22.9 Å². The van der Waals surface area contributed by atoms with Crippen molar-refractivity contribution >= 4 is 18.3 Å². The number of rotatable bonds is 4. The topological polar surface area (TPSA) is 46.3 Å².